The molecule has 27 heavy (non-hydrogen) atoms. The minimum atomic E-state index is -0.958. The quantitative estimate of drug-likeness (QED) is 0.542. The van der Waals surface area contributed by atoms with Crippen molar-refractivity contribution >= 4 is 28.9 Å². The first kappa shape index (κ1) is 19.3. The van der Waals surface area contributed by atoms with Gasteiger partial charge < -0.3 is 4.74 Å². The van der Waals surface area contributed by atoms with E-state index >= 15 is 0 Å². The second kappa shape index (κ2) is 8.05. The minimum Gasteiger partial charge on any atom is -0.465 e. The van der Waals surface area contributed by atoms with Gasteiger partial charge in [0.25, 0.3) is 0 Å². The molecule has 3 nitrogen and oxygen atoms in total. The maximum Gasteiger partial charge on any atom is 0.317 e. The van der Waals surface area contributed by atoms with Crippen LogP contribution in [0, 0.1) is 18.7 Å². The fourth-order valence-corrected chi connectivity index (χ4v) is 3.67. The number of benzene rings is 2. The lowest BCUT2D eigenvalue weighted by Gasteiger charge is -2.29. The molecule has 0 bridgehead atoms. The van der Waals surface area contributed by atoms with Crippen LogP contribution in [0.4, 0.5) is 4.39 Å². The first-order valence-corrected chi connectivity index (χ1v) is 9.21. The van der Waals surface area contributed by atoms with Gasteiger partial charge >= 0.3 is 5.97 Å². The third kappa shape index (κ3) is 4.11. The Balaban J connectivity index is 2.05. The summed E-state index contributed by atoms with van der Waals surface area (Å²) in [6, 6.07) is 12.2. The second-order valence-electron chi connectivity index (χ2n) is 6.66. The molecule has 0 aromatic heterocycles. The highest BCUT2D eigenvalue weighted by molar-refractivity contribution is 6.30. The number of rotatable bonds is 4. The van der Waals surface area contributed by atoms with Crippen molar-refractivity contribution in [2.45, 2.75) is 26.2 Å². The van der Waals surface area contributed by atoms with Gasteiger partial charge in [-0.3, -0.25) is 9.59 Å². The van der Waals surface area contributed by atoms with E-state index in [1.165, 1.54) is 18.2 Å². The number of esters is 1. The number of halogens is 2. The Labute approximate surface area is 162 Å². The molecule has 0 radical (unpaired) electrons. The smallest absolute Gasteiger partial charge is 0.317 e. The first-order valence-electron chi connectivity index (χ1n) is 8.83. The Morgan fingerprint density at radius 2 is 2.04 bits per heavy atom. The Morgan fingerprint density at radius 1 is 1.26 bits per heavy atom. The van der Waals surface area contributed by atoms with Gasteiger partial charge in [0.05, 0.1) is 11.6 Å². The number of hydrogen-bond acceptors (Lipinski definition) is 3. The van der Waals surface area contributed by atoms with E-state index in [9.17, 15) is 14.0 Å². The van der Waals surface area contributed by atoms with E-state index in [0.717, 1.165) is 16.7 Å². The lowest BCUT2D eigenvalue weighted by molar-refractivity contribution is -0.151. The molecule has 1 aliphatic carbocycles. The summed E-state index contributed by atoms with van der Waals surface area (Å²) in [5, 5.41) is -0.0331. The van der Waals surface area contributed by atoms with Crippen molar-refractivity contribution in [1.82, 2.24) is 0 Å². The van der Waals surface area contributed by atoms with Crippen molar-refractivity contribution in [2.24, 2.45) is 5.92 Å². The minimum absolute atomic E-state index is 0.0331. The van der Waals surface area contributed by atoms with E-state index < -0.39 is 23.6 Å². The number of ether oxygens (including phenoxy) is 1. The van der Waals surface area contributed by atoms with Crippen LogP contribution in [0.2, 0.25) is 5.02 Å². The number of carbonyl (C=O) groups excluding carboxylic acids is 2. The molecule has 0 heterocycles. The van der Waals surface area contributed by atoms with Gasteiger partial charge in [0, 0.05) is 5.92 Å². The highest BCUT2D eigenvalue weighted by atomic mass is 35.5. The summed E-state index contributed by atoms with van der Waals surface area (Å²) in [5.41, 5.74) is 3.50. The Kier molecular flexibility index (Phi) is 5.76. The summed E-state index contributed by atoms with van der Waals surface area (Å²) >= 11 is 5.94. The molecular weight excluding hydrogens is 367 g/mol. The monoisotopic (exact) mass is 386 g/mol. The van der Waals surface area contributed by atoms with Crippen LogP contribution in [0.15, 0.2) is 48.5 Å². The molecule has 0 aliphatic heterocycles. The molecule has 140 valence electrons. The van der Waals surface area contributed by atoms with Crippen molar-refractivity contribution in [3.05, 3.63) is 76.1 Å². The van der Waals surface area contributed by atoms with Gasteiger partial charge in [0.15, 0.2) is 5.78 Å². The molecule has 0 saturated carbocycles. The third-order valence-electron chi connectivity index (χ3n) is 4.77. The van der Waals surface area contributed by atoms with E-state index in [1.807, 2.05) is 31.2 Å². The highest BCUT2D eigenvalue weighted by Gasteiger charge is 2.40. The van der Waals surface area contributed by atoms with Crippen LogP contribution in [-0.2, 0) is 14.3 Å². The molecule has 2 aromatic rings. The van der Waals surface area contributed by atoms with E-state index in [0.29, 0.717) is 12.0 Å². The van der Waals surface area contributed by atoms with E-state index in [-0.39, 0.29) is 17.4 Å². The fraction of sp³-hybridized carbons (Fsp3) is 0.273. The molecule has 2 aromatic carbocycles. The second-order valence-corrected chi connectivity index (χ2v) is 7.06. The summed E-state index contributed by atoms with van der Waals surface area (Å²) < 4.78 is 18.7. The number of carbonyl (C=O) groups is 2. The van der Waals surface area contributed by atoms with Crippen LogP contribution in [-0.4, -0.2) is 18.4 Å². The molecule has 5 heteroatoms. The zero-order chi connectivity index (χ0) is 19.6. The molecular formula is C22H20ClFO3. The van der Waals surface area contributed by atoms with E-state index in [4.69, 9.17) is 16.3 Å². The standard InChI is InChI=1S/C22H20ClFO3/c1-3-27-22(26)21-17(15-7-8-19(24)18(23)11-15)10-16(12-20(21)25)14-6-4-5-13(2)9-14/h4-9,11-12,17,21H,3,10H2,1-2H3/t17-,21-/m0/s1. The summed E-state index contributed by atoms with van der Waals surface area (Å²) in [5.74, 6) is -2.82. The van der Waals surface area contributed by atoms with Crippen molar-refractivity contribution in [3.8, 4) is 0 Å². The lowest BCUT2D eigenvalue weighted by atomic mass is 9.73. The van der Waals surface area contributed by atoms with Gasteiger partial charge in [-0.2, -0.15) is 0 Å². The number of ketones is 1. The van der Waals surface area contributed by atoms with Crippen LogP contribution < -0.4 is 0 Å². The average Bonchev–Trinajstić information content (AvgIpc) is 2.63. The van der Waals surface area contributed by atoms with Gasteiger partial charge in [0.1, 0.15) is 11.7 Å². The number of hydrogen-bond donors (Lipinski definition) is 0. The maximum absolute atomic E-state index is 13.6. The molecule has 2 atom stereocenters. The third-order valence-corrected chi connectivity index (χ3v) is 5.06. The summed E-state index contributed by atoms with van der Waals surface area (Å²) in [4.78, 5) is 25.3. The van der Waals surface area contributed by atoms with Crippen LogP contribution in [0.25, 0.3) is 5.57 Å². The topological polar surface area (TPSA) is 43.4 Å². The van der Waals surface area contributed by atoms with Crippen molar-refractivity contribution in [3.63, 3.8) is 0 Å². The lowest BCUT2D eigenvalue weighted by Crippen LogP contribution is -2.34. The molecule has 3 rings (SSSR count). The Morgan fingerprint density at radius 3 is 2.70 bits per heavy atom. The maximum atomic E-state index is 13.6. The normalized spacial score (nSPS) is 19.6. The Hall–Kier alpha value is -2.46. The zero-order valence-corrected chi connectivity index (χ0v) is 15.9. The average molecular weight is 387 g/mol. The first-order chi connectivity index (χ1) is 12.9. The molecule has 0 spiro atoms. The van der Waals surface area contributed by atoms with Crippen molar-refractivity contribution in [1.29, 1.82) is 0 Å². The van der Waals surface area contributed by atoms with Gasteiger partial charge in [-0.15, -0.1) is 0 Å². The van der Waals surface area contributed by atoms with Crippen LogP contribution in [0.1, 0.15) is 36.0 Å². The molecule has 0 fully saturated rings. The summed E-state index contributed by atoms with van der Waals surface area (Å²) in [6.45, 7) is 3.87. The largest absolute Gasteiger partial charge is 0.465 e. The predicted octanol–water partition coefficient (Wildman–Crippen LogP) is 5.11. The van der Waals surface area contributed by atoms with Crippen molar-refractivity contribution in [2.75, 3.05) is 6.61 Å². The Bertz CT molecular complexity index is 920. The summed E-state index contributed by atoms with van der Waals surface area (Å²) in [6.07, 6.45) is 1.98. The van der Waals surface area contributed by atoms with E-state index in [1.54, 1.807) is 13.0 Å². The number of allylic oxidation sites excluding steroid dienone is 2. The highest BCUT2D eigenvalue weighted by Crippen LogP contribution is 2.41. The fourth-order valence-electron chi connectivity index (χ4n) is 3.49. The molecule has 0 amide bonds. The van der Waals surface area contributed by atoms with E-state index in [2.05, 4.69) is 0 Å². The van der Waals surface area contributed by atoms with Gasteiger partial charge in [0.2, 0.25) is 0 Å². The molecule has 0 N–H and O–H groups in total. The molecule has 1 aliphatic rings. The number of aryl methyl sites for hydroxylation is 1. The van der Waals surface area contributed by atoms with Gasteiger partial charge in [-0.05, 0) is 55.2 Å². The van der Waals surface area contributed by atoms with Gasteiger partial charge in [-0.1, -0.05) is 47.5 Å². The predicted molar refractivity (Wildman–Crippen MR) is 103 cm³/mol. The van der Waals surface area contributed by atoms with Crippen LogP contribution in [0.5, 0.6) is 0 Å². The van der Waals surface area contributed by atoms with Gasteiger partial charge in [-0.25, -0.2) is 4.39 Å². The van der Waals surface area contributed by atoms with Crippen LogP contribution in [0.3, 0.4) is 0 Å². The SMILES string of the molecule is CCOC(=O)[C@@H]1C(=O)C=C(c2cccc(C)c2)C[C@H]1c1ccc(F)c(Cl)c1. The van der Waals surface area contributed by atoms with Crippen molar-refractivity contribution < 1.29 is 18.7 Å². The molecule has 0 unspecified atom stereocenters. The zero-order valence-electron chi connectivity index (χ0n) is 15.2. The summed E-state index contributed by atoms with van der Waals surface area (Å²) in [7, 11) is 0. The van der Waals surface area contributed by atoms with Crippen LogP contribution >= 0.6 is 11.6 Å². The molecule has 0 saturated heterocycles.